The van der Waals surface area contributed by atoms with Gasteiger partial charge in [0.15, 0.2) is 0 Å². The van der Waals surface area contributed by atoms with Crippen molar-refractivity contribution in [1.29, 1.82) is 0 Å². The number of rotatable bonds is 10. The molecular formula is C23H28BrClN2O2S. The van der Waals surface area contributed by atoms with Crippen LogP contribution in [0.3, 0.4) is 0 Å². The number of carbonyl (C=O) groups is 2. The van der Waals surface area contributed by atoms with Gasteiger partial charge in [-0.05, 0) is 55.7 Å². The largest absolute Gasteiger partial charge is 0.352 e. The predicted octanol–water partition coefficient (Wildman–Crippen LogP) is 5.67. The van der Waals surface area contributed by atoms with E-state index < -0.39 is 6.04 Å². The smallest absolute Gasteiger partial charge is 0.242 e. The average molecular weight is 512 g/mol. The third-order valence-corrected chi connectivity index (χ3v) is 6.51. The summed E-state index contributed by atoms with van der Waals surface area (Å²) in [5, 5.41) is 3.67. The fraction of sp³-hybridized carbons (Fsp3) is 0.391. The van der Waals surface area contributed by atoms with Crippen LogP contribution in [-0.2, 0) is 21.9 Å². The van der Waals surface area contributed by atoms with E-state index in [1.54, 1.807) is 11.8 Å². The number of hydrogen-bond donors (Lipinski definition) is 1. The predicted molar refractivity (Wildman–Crippen MR) is 130 cm³/mol. The molecule has 0 aromatic heterocycles. The summed E-state index contributed by atoms with van der Waals surface area (Å²) in [6, 6.07) is 14.9. The Bertz CT molecular complexity index is 865. The standard InChI is InChI=1S/C23H28BrClN2O2S/c1-4-16(2)26-23(29)17(3)27(13-18-7-5-9-20(24)11-18)22(28)15-30-14-19-8-6-10-21(25)12-19/h5-12,16-17H,4,13-15H2,1-3H3,(H,26,29)/t16-,17-/m1/s1. The van der Waals surface area contributed by atoms with Crippen LogP contribution in [0.2, 0.25) is 5.02 Å². The van der Waals surface area contributed by atoms with Gasteiger partial charge in [0.1, 0.15) is 6.04 Å². The lowest BCUT2D eigenvalue weighted by Gasteiger charge is -2.29. The van der Waals surface area contributed by atoms with E-state index in [1.165, 1.54) is 11.8 Å². The molecule has 30 heavy (non-hydrogen) atoms. The van der Waals surface area contributed by atoms with Crippen LogP contribution in [0.4, 0.5) is 0 Å². The van der Waals surface area contributed by atoms with Gasteiger partial charge in [-0.1, -0.05) is 58.7 Å². The Balaban J connectivity index is 2.08. The van der Waals surface area contributed by atoms with Crippen molar-refractivity contribution in [3.63, 3.8) is 0 Å². The minimum absolute atomic E-state index is 0.0613. The molecule has 0 fully saturated rings. The fourth-order valence-corrected chi connectivity index (χ4v) is 4.36. The van der Waals surface area contributed by atoms with Gasteiger partial charge in [0, 0.05) is 27.8 Å². The number of nitrogens with zero attached hydrogens (tertiary/aromatic N) is 1. The van der Waals surface area contributed by atoms with Gasteiger partial charge >= 0.3 is 0 Å². The molecule has 2 aromatic carbocycles. The molecule has 2 aromatic rings. The van der Waals surface area contributed by atoms with Gasteiger partial charge in [-0.25, -0.2) is 0 Å². The van der Waals surface area contributed by atoms with Crippen LogP contribution in [0.15, 0.2) is 53.0 Å². The Morgan fingerprint density at radius 2 is 1.83 bits per heavy atom. The third-order valence-electron chi connectivity index (χ3n) is 4.79. The first-order chi connectivity index (χ1) is 14.3. The molecule has 2 rings (SSSR count). The van der Waals surface area contributed by atoms with Crippen LogP contribution in [0, 0.1) is 0 Å². The first-order valence-electron chi connectivity index (χ1n) is 9.96. The lowest BCUT2D eigenvalue weighted by molar-refractivity contribution is -0.138. The van der Waals surface area contributed by atoms with Crippen LogP contribution in [-0.4, -0.2) is 34.6 Å². The third kappa shape index (κ3) is 7.97. The second kappa shape index (κ2) is 12.4. The van der Waals surface area contributed by atoms with Gasteiger partial charge in [-0.3, -0.25) is 9.59 Å². The number of amides is 2. The number of nitrogens with one attached hydrogen (secondary N) is 1. The fourth-order valence-electron chi connectivity index (χ4n) is 2.85. The Morgan fingerprint density at radius 3 is 2.50 bits per heavy atom. The average Bonchev–Trinajstić information content (AvgIpc) is 2.71. The maximum atomic E-state index is 13.1. The van der Waals surface area contributed by atoms with E-state index in [9.17, 15) is 9.59 Å². The maximum Gasteiger partial charge on any atom is 0.242 e. The van der Waals surface area contributed by atoms with Crippen LogP contribution in [0.5, 0.6) is 0 Å². The zero-order valence-electron chi connectivity index (χ0n) is 17.5. The van der Waals surface area contributed by atoms with E-state index in [0.717, 1.165) is 22.0 Å². The number of benzene rings is 2. The topological polar surface area (TPSA) is 49.4 Å². The molecule has 162 valence electrons. The highest BCUT2D eigenvalue weighted by Gasteiger charge is 2.26. The van der Waals surface area contributed by atoms with E-state index in [4.69, 9.17) is 11.6 Å². The molecule has 2 atom stereocenters. The molecule has 0 saturated carbocycles. The van der Waals surface area contributed by atoms with E-state index in [-0.39, 0.29) is 17.9 Å². The molecule has 0 spiro atoms. The number of carbonyl (C=O) groups excluding carboxylic acids is 2. The van der Waals surface area contributed by atoms with Gasteiger partial charge < -0.3 is 10.2 Å². The summed E-state index contributed by atoms with van der Waals surface area (Å²) in [6.07, 6.45) is 0.841. The summed E-state index contributed by atoms with van der Waals surface area (Å²) in [4.78, 5) is 27.4. The summed E-state index contributed by atoms with van der Waals surface area (Å²) in [5.41, 5.74) is 2.04. The Hall–Kier alpha value is -1.50. The second-order valence-electron chi connectivity index (χ2n) is 7.27. The first kappa shape index (κ1) is 24.8. The molecule has 0 radical (unpaired) electrons. The van der Waals surface area contributed by atoms with Gasteiger partial charge in [0.2, 0.25) is 11.8 Å². The van der Waals surface area contributed by atoms with Crippen LogP contribution in [0.1, 0.15) is 38.3 Å². The lowest BCUT2D eigenvalue weighted by Crippen LogP contribution is -2.50. The molecule has 1 N–H and O–H groups in total. The normalized spacial score (nSPS) is 12.8. The number of thioether (sulfide) groups is 1. The molecule has 0 heterocycles. The zero-order chi connectivity index (χ0) is 22.1. The van der Waals surface area contributed by atoms with Gasteiger partial charge in [-0.15, -0.1) is 11.8 Å². The molecular weight excluding hydrogens is 484 g/mol. The SMILES string of the molecule is CC[C@@H](C)NC(=O)[C@@H](C)N(Cc1cccc(Br)c1)C(=O)CSCc1cccc(Cl)c1. The highest BCUT2D eigenvalue weighted by Crippen LogP contribution is 2.19. The van der Waals surface area contributed by atoms with Crippen molar-refractivity contribution in [2.75, 3.05) is 5.75 Å². The molecule has 0 aliphatic heterocycles. The highest BCUT2D eigenvalue weighted by molar-refractivity contribution is 9.10. The Kier molecular flexibility index (Phi) is 10.2. The minimum atomic E-state index is -0.558. The highest BCUT2D eigenvalue weighted by atomic mass is 79.9. The Labute approximate surface area is 196 Å². The summed E-state index contributed by atoms with van der Waals surface area (Å²) >= 11 is 11.0. The van der Waals surface area contributed by atoms with Crippen LogP contribution >= 0.6 is 39.3 Å². The van der Waals surface area contributed by atoms with Gasteiger partial charge in [0.25, 0.3) is 0 Å². The summed E-state index contributed by atoms with van der Waals surface area (Å²) in [5.74, 6) is 0.785. The Morgan fingerprint density at radius 1 is 1.13 bits per heavy atom. The summed E-state index contributed by atoms with van der Waals surface area (Å²) in [6.45, 7) is 6.15. The van der Waals surface area contributed by atoms with Crippen molar-refractivity contribution in [2.45, 2.75) is 51.6 Å². The minimum Gasteiger partial charge on any atom is -0.352 e. The number of halogens is 2. The summed E-state index contributed by atoms with van der Waals surface area (Å²) in [7, 11) is 0. The van der Waals surface area contributed by atoms with Gasteiger partial charge in [0.05, 0.1) is 5.75 Å². The molecule has 0 saturated heterocycles. The quantitative estimate of drug-likeness (QED) is 0.447. The van der Waals surface area contributed by atoms with Crippen molar-refractivity contribution in [1.82, 2.24) is 10.2 Å². The molecule has 4 nitrogen and oxygen atoms in total. The van der Waals surface area contributed by atoms with E-state index in [1.807, 2.05) is 62.4 Å². The molecule has 0 aliphatic carbocycles. The van der Waals surface area contributed by atoms with Crippen LogP contribution < -0.4 is 5.32 Å². The number of hydrogen-bond acceptors (Lipinski definition) is 3. The molecule has 2 amide bonds. The molecule has 0 bridgehead atoms. The van der Waals surface area contributed by atoms with E-state index >= 15 is 0 Å². The van der Waals surface area contributed by atoms with E-state index in [0.29, 0.717) is 23.1 Å². The van der Waals surface area contributed by atoms with Crippen molar-refractivity contribution in [3.05, 3.63) is 69.2 Å². The van der Waals surface area contributed by atoms with Crippen molar-refractivity contribution < 1.29 is 9.59 Å². The molecule has 0 aliphatic rings. The molecule has 0 unspecified atom stereocenters. The monoisotopic (exact) mass is 510 g/mol. The van der Waals surface area contributed by atoms with Crippen LogP contribution in [0.25, 0.3) is 0 Å². The maximum absolute atomic E-state index is 13.1. The molecule has 7 heteroatoms. The van der Waals surface area contributed by atoms with Crippen molar-refractivity contribution >= 4 is 51.1 Å². The van der Waals surface area contributed by atoms with Gasteiger partial charge in [-0.2, -0.15) is 0 Å². The van der Waals surface area contributed by atoms with Crippen molar-refractivity contribution in [2.24, 2.45) is 0 Å². The second-order valence-corrected chi connectivity index (χ2v) is 9.61. The van der Waals surface area contributed by atoms with E-state index in [2.05, 4.69) is 21.2 Å². The zero-order valence-corrected chi connectivity index (χ0v) is 20.7. The first-order valence-corrected chi connectivity index (χ1v) is 12.3. The summed E-state index contributed by atoms with van der Waals surface area (Å²) < 4.78 is 0.944. The van der Waals surface area contributed by atoms with Crippen molar-refractivity contribution in [3.8, 4) is 0 Å². The lowest BCUT2D eigenvalue weighted by atomic mass is 10.1.